The summed E-state index contributed by atoms with van der Waals surface area (Å²) in [6.45, 7) is 4.05. The van der Waals surface area contributed by atoms with Gasteiger partial charge in [0.05, 0.1) is 22.7 Å². The molecular formula is C19H18FN3O3S. The highest BCUT2D eigenvalue weighted by molar-refractivity contribution is 7.90. The quantitative estimate of drug-likeness (QED) is 0.730. The zero-order valence-electron chi connectivity index (χ0n) is 14.8. The first-order chi connectivity index (χ1) is 12.8. The number of halogens is 1. The van der Waals surface area contributed by atoms with Gasteiger partial charge in [-0.15, -0.1) is 0 Å². The summed E-state index contributed by atoms with van der Waals surface area (Å²) in [6, 6.07) is 11.5. The Hall–Kier alpha value is -3.00. The predicted molar refractivity (Wildman–Crippen MR) is 98.3 cm³/mol. The molecule has 0 aliphatic heterocycles. The summed E-state index contributed by atoms with van der Waals surface area (Å²) in [5.41, 5.74) is 2.52. The van der Waals surface area contributed by atoms with Crippen LogP contribution in [0.2, 0.25) is 0 Å². The van der Waals surface area contributed by atoms with E-state index in [0.717, 1.165) is 35.7 Å². The van der Waals surface area contributed by atoms with Crippen molar-refractivity contribution in [3.63, 3.8) is 0 Å². The van der Waals surface area contributed by atoms with E-state index >= 15 is 0 Å². The maximum absolute atomic E-state index is 13.0. The number of benzene rings is 1. The number of aromatic nitrogens is 2. The fourth-order valence-electron chi connectivity index (χ4n) is 2.78. The maximum atomic E-state index is 13.0. The molecule has 0 saturated carbocycles. The molecule has 2 aromatic heterocycles. The number of rotatable bonds is 5. The molecule has 27 heavy (non-hydrogen) atoms. The third-order valence-corrected chi connectivity index (χ3v) is 5.56. The number of pyridine rings is 1. The van der Waals surface area contributed by atoms with Crippen LogP contribution in [0, 0.1) is 19.7 Å². The molecule has 0 fully saturated rings. The molecule has 1 aromatic carbocycles. The van der Waals surface area contributed by atoms with Gasteiger partial charge in [-0.05, 0) is 56.3 Å². The Bertz CT molecular complexity index is 1080. The predicted octanol–water partition coefficient (Wildman–Crippen LogP) is 2.81. The summed E-state index contributed by atoms with van der Waals surface area (Å²) in [7, 11) is -4.09. The van der Waals surface area contributed by atoms with Crippen LogP contribution in [-0.4, -0.2) is 23.9 Å². The van der Waals surface area contributed by atoms with E-state index in [1.807, 2.05) is 34.4 Å². The molecule has 2 heterocycles. The van der Waals surface area contributed by atoms with Gasteiger partial charge in [0.25, 0.3) is 15.9 Å². The van der Waals surface area contributed by atoms with Crippen LogP contribution in [0.1, 0.15) is 27.4 Å². The zero-order chi connectivity index (χ0) is 19.6. The minimum atomic E-state index is -4.09. The Kier molecular flexibility index (Phi) is 5.09. The molecule has 3 rings (SSSR count). The molecule has 1 N–H and O–H groups in total. The molecule has 3 aromatic rings. The van der Waals surface area contributed by atoms with E-state index < -0.39 is 21.7 Å². The molecule has 0 unspecified atom stereocenters. The van der Waals surface area contributed by atoms with Crippen molar-refractivity contribution in [3.8, 4) is 0 Å². The van der Waals surface area contributed by atoms with Crippen LogP contribution in [0.5, 0.6) is 0 Å². The van der Waals surface area contributed by atoms with Gasteiger partial charge in [-0.2, -0.15) is 0 Å². The smallest absolute Gasteiger partial charge is 0.266 e. The minimum absolute atomic E-state index is 0.181. The van der Waals surface area contributed by atoms with E-state index in [2.05, 4.69) is 4.98 Å². The lowest BCUT2D eigenvalue weighted by molar-refractivity contribution is 0.0980. The Morgan fingerprint density at radius 3 is 2.48 bits per heavy atom. The number of carbonyl (C=O) groups is 1. The lowest BCUT2D eigenvalue weighted by Gasteiger charge is -2.10. The highest BCUT2D eigenvalue weighted by Crippen LogP contribution is 2.18. The number of amides is 1. The highest BCUT2D eigenvalue weighted by Gasteiger charge is 2.22. The molecule has 0 aliphatic rings. The van der Waals surface area contributed by atoms with Gasteiger partial charge in [0.15, 0.2) is 0 Å². The summed E-state index contributed by atoms with van der Waals surface area (Å²) < 4.78 is 41.6. The maximum Gasteiger partial charge on any atom is 0.266 e. The van der Waals surface area contributed by atoms with Gasteiger partial charge in [0.2, 0.25) is 0 Å². The molecule has 6 nitrogen and oxygen atoms in total. The molecule has 1 amide bonds. The van der Waals surface area contributed by atoms with Crippen LogP contribution in [0.4, 0.5) is 4.39 Å². The van der Waals surface area contributed by atoms with Gasteiger partial charge in [-0.25, -0.2) is 17.5 Å². The number of sulfonamides is 1. The number of nitrogens with one attached hydrogen (secondary N) is 1. The average molecular weight is 387 g/mol. The Morgan fingerprint density at radius 2 is 1.85 bits per heavy atom. The largest absolute Gasteiger partial charge is 0.342 e. The van der Waals surface area contributed by atoms with Gasteiger partial charge < -0.3 is 4.57 Å². The fraction of sp³-hybridized carbons (Fsp3) is 0.158. The molecule has 0 aliphatic carbocycles. The number of carbonyl (C=O) groups excluding carboxylic acids is 1. The monoisotopic (exact) mass is 387 g/mol. The van der Waals surface area contributed by atoms with Crippen molar-refractivity contribution in [1.29, 1.82) is 0 Å². The summed E-state index contributed by atoms with van der Waals surface area (Å²) in [5, 5.41) is 0. The number of nitrogens with zero attached hydrogens (tertiary/aromatic N) is 2. The minimum Gasteiger partial charge on any atom is -0.342 e. The van der Waals surface area contributed by atoms with Crippen LogP contribution < -0.4 is 4.72 Å². The molecule has 0 saturated heterocycles. The van der Waals surface area contributed by atoms with Crippen LogP contribution in [0.15, 0.2) is 59.6 Å². The second-order valence-electron chi connectivity index (χ2n) is 6.08. The van der Waals surface area contributed by atoms with Crippen LogP contribution >= 0.6 is 0 Å². The van der Waals surface area contributed by atoms with Crippen molar-refractivity contribution in [1.82, 2.24) is 14.3 Å². The van der Waals surface area contributed by atoms with E-state index in [9.17, 15) is 17.6 Å². The molecule has 0 spiro atoms. The van der Waals surface area contributed by atoms with E-state index in [1.165, 1.54) is 0 Å². The summed E-state index contributed by atoms with van der Waals surface area (Å²) in [5.74, 6) is -1.29. The van der Waals surface area contributed by atoms with Gasteiger partial charge in [0.1, 0.15) is 5.82 Å². The van der Waals surface area contributed by atoms with Gasteiger partial charge in [-0.1, -0.05) is 6.07 Å². The van der Waals surface area contributed by atoms with E-state index in [1.54, 1.807) is 19.2 Å². The molecule has 0 radical (unpaired) electrons. The molecule has 8 heteroatoms. The second kappa shape index (κ2) is 7.32. The SMILES string of the molecule is Cc1cc(C(=O)NS(=O)(=O)c2ccc(F)cc2)c(C)n1Cc1ccccn1. The van der Waals surface area contributed by atoms with Gasteiger partial charge >= 0.3 is 0 Å². The fourth-order valence-corrected chi connectivity index (χ4v) is 3.74. The third kappa shape index (κ3) is 4.06. The molecule has 140 valence electrons. The number of hydrogen-bond acceptors (Lipinski definition) is 4. The van der Waals surface area contributed by atoms with Crippen molar-refractivity contribution in [2.45, 2.75) is 25.3 Å². The van der Waals surface area contributed by atoms with E-state index in [-0.39, 0.29) is 10.5 Å². The first-order valence-corrected chi connectivity index (χ1v) is 9.65. The molecule has 0 atom stereocenters. The topological polar surface area (TPSA) is 81.1 Å². The second-order valence-corrected chi connectivity index (χ2v) is 7.76. The number of aryl methyl sites for hydroxylation is 1. The molecular weight excluding hydrogens is 369 g/mol. The third-order valence-electron chi connectivity index (χ3n) is 4.22. The summed E-state index contributed by atoms with van der Waals surface area (Å²) >= 11 is 0. The normalized spacial score (nSPS) is 11.4. The molecule has 0 bridgehead atoms. The van der Waals surface area contributed by atoms with Crippen molar-refractivity contribution >= 4 is 15.9 Å². The van der Waals surface area contributed by atoms with Crippen molar-refractivity contribution < 1.29 is 17.6 Å². The van der Waals surface area contributed by atoms with Gasteiger partial charge in [-0.3, -0.25) is 9.78 Å². The van der Waals surface area contributed by atoms with Crippen LogP contribution in [0.25, 0.3) is 0 Å². The van der Waals surface area contributed by atoms with E-state index in [0.29, 0.717) is 12.2 Å². The zero-order valence-corrected chi connectivity index (χ0v) is 15.6. The van der Waals surface area contributed by atoms with Crippen LogP contribution in [-0.2, 0) is 16.6 Å². The Balaban J connectivity index is 1.85. The average Bonchev–Trinajstić information content (AvgIpc) is 2.91. The van der Waals surface area contributed by atoms with Gasteiger partial charge in [0, 0.05) is 17.6 Å². The first kappa shape index (κ1) is 18.8. The Morgan fingerprint density at radius 1 is 1.15 bits per heavy atom. The highest BCUT2D eigenvalue weighted by atomic mass is 32.2. The summed E-state index contributed by atoms with van der Waals surface area (Å²) in [4.78, 5) is 16.6. The van der Waals surface area contributed by atoms with E-state index in [4.69, 9.17) is 0 Å². The van der Waals surface area contributed by atoms with Crippen molar-refractivity contribution in [3.05, 3.63) is 83.2 Å². The standard InChI is InChI=1S/C19H18FN3O3S/c1-13-11-18(14(2)23(13)12-16-5-3-4-10-21-16)19(24)22-27(25,26)17-8-6-15(20)7-9-17/h3-11H,12H2,1-2H3,(H,22,24). The lowest BCUT2D eigenvalue weighted by Crippen LogP contribution is -2.31. The Labute approximate surface area is 156 Å². The first-order valence-electron chi connectivity index (χ1n) is 8.17. The summed E-state index contributed by atoms with van der Waals surface area (Å²) in [6.07, 6.45) is 1.69. The van der Waals surface area contributed by atoms with Crippen LogP contribution in [0.3, 0.4) is 0 Å². The lowest BCUT2D eigenvalue weighted by atomic mass is 10.2. The van der Waals surface area contributed by atoms with Crippen molar-refractivity contribution in [2.24, 2.45) is 0 Å². The van der Waals surface area contributed by atoms with Crippen molar-refractivity contribution in [2.75, 3.05) is 0 Å². The number of hydrogen-bond donors (Lipinski definition) is 1.